The summed E-state index contributed by atoms with van der Waals surface area (Å²) in [7, 11) is -3.46. The van der Waals surface area contributed by atoms with E-state index in [-0.39, 0.29) is 5.91 Å². The van der Waals surface area contributed by atoms with E-state index in [1.165, 1.54) is 21.2 Å². The molecule has 1 aliphatic heterocycles. The Balaban J connectivity index is 1.76. The third-order valence-electron chi connectivity index (χ3n) is 5.47. The molecule has 0 N–H and O–H groups in total. The van der Waals surface area contributed by atoms with E-state index in [2.05, 4.69) is 18.0 Å². The highest BCUT2D eigenvalue weighted by molar-refractivity contribution is 7.88. The number of thiazole rings is 1. The predicted molar refractivity (Wildman–Crippen MR) is 119 cm³/mol. The van der Waals surface area contributed by atoms with Crippen molar-refractivity contribution in [3.05, 3.63) is 53.3 Å². The zero-order chi connectivity index (χ0) is 21.5. The van der Waals surface area contributed by atoms with Crippen LogP contribution in [0, 0.1) is 13.8 Å². The molecule has 9 heteroatoms. The molecule has 4 rings (SSSR count). The molecule has 3 aromatic rings. The predicted octanol–water partition coefficient (Wildman–Crippen LogP) is 3.27. The molecule has 1 amide bonds. The van der Waals surface area contributed by atoms with Crippen molar-refractivity contribution < 1.29 is 13.2 Å². The number of hydrogen-bond acceptors (Lipinski definition) is 6. The van der Waals surface area contributed by atoms with Crippen LogP contribution in [0.5, 0.6) is 0 Å². The van der Waals surface area contributed by atoms with E-state index in [1.54, 1.807) is 17.3 Å². The maximum absolute atomic E-state index is 13.6. The topological polar surface area (TPSA) is 83.5 Å². The normalized spacial score (nSPS) is 17.5. The van der Waals surface area contributed by atoms with Gasteiger partial charge in [0.1, 0.15) is 6.04 Å². The Kier molecular flexibility index (Phi) is 5.61. The van der Waals surface area contributed by atoms with Gasteiger partial charge in [-0.2, -0.15) is 4.31 Å². The lowest BCUT2D eigenvalue weighted by molar-refractivity contribution is -0.121. The molecule has 1 aromatic carbocycles. The van der Waals surface area contributed by atoms with Gasteiger partial charge in [-0.05, 0) is 61.6 Å². The van der Waals surface area contributed by atoms with E-state index in [9.17, 15) is 13.2 Å². The number of rotatable bonds is 5. The summed E-state index contributed by atoms with van der Waals surface area (Å²) in [5.74, 6) is -0.241. The van der Waals surface area contributed by atoms with Gasteiger partial charge in [-0.15, -0.1) is 0 Å². The first-order valence-electron chi connectivity index (χ1n) is 9.79. The molecule has 1 unspecified atom stereocenters. The number of pyridine rings is 1. The maximum Gasteiger partial charge on any atom is 0.247 e. The summed E-state index contributed by atoms with van der Waals surface area (Å²) in [5, 5.41) is 0.573. The molecule has 1 saturated heterocycles. The summed E-state index contributed by atoms with van der Waals surface area (Å²) in [4.78, 5) is 24.1. The maximum atomic E-state index is 13.6. The molecule has 0 saturated carbocycles. The van der Waals surface area contributed by atoms with Crippen molar-refractivity contribution in [3.63, 3.8) is 0 Å². The van der Waals surface area contributed by atoms with Crippen molar-refractivity contribution >= 4 is 42.6 Å². The van der Waals surface area contributed by atoms with Crippen LogP contribution in [0.25, 0.3) is 10.2 Å². The Hall–Kier alpha value is -2.36. The minimum Gasteiger partial charge on any atom is -0.282 e. The highest BCUT2D eigenvalue weighted by atomic mass is 32.2. The van der Waals surface area contributed by atoms with E-state index in [0.717, 1.165) is 27.6 Å². The standard InChI is InChI=1S/C21H24N4O3S2/c1-14-10-17-19(11-15(14)2)29-21(23-17)24(13-16-6-4-8-22-12-16)20(26)18-7-5-9-25(18)30(3,27)28/h4,6,8,10-12,18H,5,7,9,13H2,1-3H3. The number of benzene rings is 1. The molecular weight excluding hydrogens is 420 g/mol. The van der Waals surface area contributed by atoms with E-state index >= 15 is 0 Å². The van der Waals surface area contributed by atoms with Crippen LogP contribution in [-0.4, -0.2) is 47.4 Å². The molecule has 0 bridgehead atoms. The largest absolute Gasteiger partial charge is 0.282 e. The minimum absolute atomic E-state index is 0.241. The van der Waals surface area contributed by atoms with Gasteiger partial charge in [0.15, 0.2) is 5.13 Å². The fraction of sp³-hybridized carbons (Fsp3) is 0.381. The molecular formula is C21H24N4O3S2. The summed E-state index contributed by atoms with van der Waals surface area (Å²) in [6.45, 7) is 4.75. The smallest absolute Gasteiger partial charge is 0.247 e. The molecule has 2 aromatic heterocycles. The van der Waals surface area contributed by atoms with Gasteiger partial charge in [0, 0.05) is 18.9 Å². The van der Waals surface area contributed by atoms with Gasteiger partial charge < -0.3 is 0 Å². The minimum atomic E-state index is -3.46. The van der Waals surface area contributed by atoms with E-state index in [1.807, 2.05) is 25.1 Å². The zero-order valence-corrected chi connectivity index (χ0v) is 18.8. The van der Waals surface area contributed by atoms with Crippen LogP contribution in [0.15, 0.2) is 36.7 Å². The second-order valence-electron chi connectivity index (χ2n) is 7.72. The Labute approximate surface area is 180 Å². The molecule has 0 aliphatic carbocycles. The van der Waals surface area contributed by atoms with Gasteiger partial charge in [-0.3, -0.25) is 14.7 Å². The fourth-order valence-electron chi connectivity index (χ4n) is 3.76. The number of anilines is 1. The van der Waals surface area contributed by atoms with Gasteiger partial charge >= 0.3 is 0 Å². The number of hydrogen-bond donors (Lipinski definition) is 0. The quantitative estimate of drug-likeness (QED) is 0.603. The third kappa shape index (κ3) is 4.10. The second-order valence-corrected chi connectivity index (χ2v) is 10.7. The fourth-order valence-corrected chi connectivity index (χ4v) is 5.93. The van der Waals surface area contributed by atoms with Crippen molar-refractivity contribution in [2.75, 3.05) is 17.7 Å². The Bertz CT molecular complexity index is 1150. The Morgan fingerprint density at radius 3 is 2.77 bits per heavy atom. The zero-order valence-electron chi connectivity index (χ0n) is 17.2. The number of amides is 1. The molecule has 0 spiro atoms. The number of fused-ring (bicyclic) bond motifs is 1. The third-order valence-corrected chi connectivity index (χ3v) is 7.80. The van der Waals surface area contributed by atoms with E-state index in [4.69, 9.17) is 4.98 Å². The number of sulfonamides is 1. The summed E-state index contributed by atoms with van der Waals surface area (Å²) in [6.07, 6.45) is 5.74. The average Bonchev–Trinajstić information content (AvgIpc) is 3.34. The van der Waals surface area contributed by atoms with Gasteiger partial charge in [0.2, 0.25) is 15.9 Å². The van der Waals surface area contributed by atoms with Crippen LogP contribution in [0.4, 0.5) is 5.13 Å². The first-order chi connectivity index (χ1) is 14.2. The lowest BCUT2D eigenvalue weighted by atomic mass is 10.1. The molecule has 30 heavy (non-hydrogen) atoms. The highest BCUT2D eigenvalue weighted by Crippen LogP contribution is 2.33. The summed E-state index contributed by atoms with van der Waals surface area (Å²) >= 11 is 1.45. The van der Waals surface area contributed by atoms with Crippen molar-refractivity contribution in [1.29, 1.82) is 0 Å². The summed E-state index contributed by atoms with van der Waals surface area (Å²) < 4.78 is 26.7. The van der Waals surface area contributed by atoms with Crippen LogP contribution in [0.3, 0.4) is 0 Å². The highest BCUT2D eigenvalue weighted by Gasteiger charge is 2.39. The van der Waals surface area contributed by atoms with Crippen molar-refractivity contribution in [2.24, 2.45) is 0 Å². The van der Waals surface area contributed by atoms with Crippen molar-refractivity contribution in [1.82, 2.24) is 14.3 Å². The molecule has 1 aliphatic rings. The summed E-state index contributed by atoms with van der Waals surface area (Å²) in [6, 6.07) is 7.12. The van der Waals surface area contributed by atoms with Gasteiger partial charge in [-0.25, -0.2) is 13.4 Å². The second kappa shape index (κ2) is 8.05. The van der Waals surface area contributed by atoms with Gasteiger partial charge in [0.05, 0.1) is 23.0 Å². The number of aryl methyl sites for hydroxylation is 2. The van der Waals surface area contributed by atoms with E-state index in [0.29, 0.717) is 31.1 Å². The lowest BCUT2D eigenvalue weighted by Crippen LogP contribution is -2.47. The summed E-state index contributed by atoms with van der Waals surface area (Å²) in [5.41, 5.74) is 4.01. The first kappa shape index (κ1) is 20.9. The molecule has 1 fully saturated rings. The number of aromatic nitrogens is 2. The SMILES string of the molecule is Cc1cc2nc(N(Cc3cccnc3)C(=O)C3CCCN3S(C)(=O)=O)sc2cc1C. The number of nitrogens with zero attached hydrogens (tertiary/aromatic N) is 4. The van der Waals surface area contributed by atoms with Crippen LogP contribution in [-0.2, 0) is 21.4 Å². The first-order valence-corrected chi connectivity index (χ1v) is 12.5. The van der Waals surface area contributed by atoms with Crippen molar-refractivity contribution in [3.8, 4) is 0 Å². The molecule has 0 radical (unpaired) electrons. The lowest BCUT2D eigenvalue weighted by Gasteiger charge is -2.27. The average molecular weight is 445 g/mol. The number of carbonyl (C=O) groups is 1. The van der Waals surface area contributed by atoms with Crippen LogP contribution < -0.4 is 4.90 Å². The molecule has 1 atom stereocenters. The Morgan fingerprint density at radius 1 is 1.30 bits per heavy atom. The van der Waals surface area contributed by atoms with Gasteiger partial charge in [0.25, 0.3) is 0 Å². The van der Waals surface area contributed by atoms with E-state index < -0.39 is 16.1 Å². The molecule has 158 valence electrons. The Morgan fingerprint density at radius 2 is 2.07 bits per heavy atom. The van der Waals surface area contributed by atoms with Crippen LogP contribution >= 0.6 is 11.3 Å². The monoisotopic (exact) mass is 444 g/mol. The van der Waals surface area contributed by atoms with Crippen LogP contribution in [0.2, 0.25) is 0 Å². The molecule has 7 nitrogen and oxygen atoms in total. The van der Waals surface area contributed by atoms with Crippen molar-refractivity contribution in [2.45, 2.75) is 39.3 Å². The number of carbonyl (C=O) groups excluding carboxylic acids is 1. The van der Waals surface area contributed by atoms with Crippen LogP contribution in [0.1, 0.15) is 29.5 Å². The molecule has 3 heterocycles. The van der Waals surface area contributed by atoms with Gasteiger partial charge in [-0.1, -0.05) is 17.4 Å².